The molecule has 1 amide bonds. The van der Waals surface area contributed by atoms with E-state index < -0.39 is 0 Å². The molecule has 0 fully saturated rings. The SMILES string of the molecule is COc1ccc(CC(=O)N(CCCn2ccnc2)C/C(C)=C/c2ccccc2)cc1. The summed E-state index contributed by atoms with van der Waals surface area (Å²) in [5.74, 6) is 0.927. The van der Waals surface area contributed by atoms with E-state index in [4.69, 9.17) is 4.74 Å². The van der Waals surface area contributed by atoms with Crippen molar-refractivity contribution in [1.82, 2.24) is 14.5 Å². The molecule has 0 saturated carbocycles. The van der Waals surface area contributed by atoms with Gasteiger partial charge in [0.1, 0.15) is 5.75 Å². The van der Waals surface area contributed by atoms with Gasteiger partial charge in [-0.05, 0) is 36.6 Å². The number of aryl methyl sites for hydroxylation is 1. The third-order valence-electron chi connectivity index (χ3n) is 4.92. The van der Waals surface area contributed by atoms with Crippen molar-refractivity contribution in [2.45, 2.75) is 26.3 Å². The molecule has 0 N–H and O–H groups in total. The number of ether oxygens (including phenoxy) is 1. The minimum Gasteiger partial charge on any atom is -0.497 e. The van der Waals surface area contributed by atoms with Gasteiger partial charge in [-0.25, -0.2) is 4.98 Å². The molecule has 156 valence electrons. The van der Waals surface area contributed by atoms with Crippen LogP contribution in [-0.4, -0.2) is 40.6 Å². The van der Waals surface area contributed by atoms with E-state index in [2.05, 4.69) is 30.1 Å². The highest BCUT2D eigenvalue weighted by Crippen LogP contribution is 2.14. The highest BCUT2D eigenvalue weighted by Gasteiger charge is 2.15. The predicted molar refractivity (Wildman–Crippen MR) is 120 cm³/mol. The molecule has 0 bridgehead atoms. The van der Waals surface area contributed by atoms with Gasteiger partial charge in [0.05, 0.1) is 19.9 Å². The van der Waals surface area contributed by atoms with E-state index in [1.165, 1.54) is 0 Å². The molecule has 1 heterocycles. The van der Waals surface area contributed by atoms with E-state index in [0.29, 0.717) is 19.5 Å². The van der Waals surface area contributed by atoms with E-state index in [0.717, 1.165) is 35.4 Å². The molecular weight excluding hydrogens is 374 g/mol. The molecule has 30 heavy (non-hydrogen) atoms. The van der Waals surface area contributed by atoms with Crippen molar-refractivity contribution in [3.8, 4) is 5.75 Å². The number of imidazole rings is 1. The fraction of sp³-hybridized carbons (Fsp3) is 0.280. The summed E-state index contributed by atoms with van der Waals surface area (Å²) < 4.78 is 7.25. The molecule has 2 aromatic carbocycles. The number of hydrogen-bond acceptors (Lipinski definition) is 3. The lowest BCUT2D eigenvalue weighted by Gasteiger charge is -2.24. The van der Waals surface area contributed by atoms with Crippen LogP contribution in [-0.2, 0) is 17.8 Å². The highest BCUT2D eigenvalue weighted by atomic mass is 16.5. The zero-order chi connectivity index (χ0) is 21.2. The van der Waals surface area contributed by atoms with Crippen LogP contribution in [0.2, 0.25) is 0 Å². The van der Waals surface area contributed by atoms with Crippen LogP contribution >= 0.6 is 0 Å². The van der Waals surface area contributed by atoms with Gasteiger partial charge >= 0.3 is 0 Å². The predicted octanol–water partition coefficient (Wildman–Crippen LogP) is 4.46. The van der Waals surface area contributed by atoms with Crippen molar-refractivity contribution < 1.29 is 9.53 Å². The van der Waals surface area contributed by atoms with Gasteiger partial charge in [0.15, 0.2) is 0 Å². The Kier molecular flexibility index (Phi) is 7.84. The Morgan fingerprint density at radius 1 is 1.13 bits per heavy atom. The van der Waals surface area contributed by atoms with Gasteiger partial charge in [0.25, 0.3) is 0 Å². The second-order valence-electron chi connectivity index (χ2n) is 7.40. The van der Waals surface area contributed by atoms with Gasteiger partial charge in [-0.3, -0.25) is 4.79 Å². The van der Waals surface area contributed by atoms with Crippen molar-refractivity contribution in [3.63, 3.8) is 0 Å². The number of carbonyl (C=O) groups excluding carboxylic acids is 1. The molecule has 0 aliphatic carbocycles. The Morgan fingerprint density at radius 3 is 2.57 bits per heavy atom. The maximum Gasteiger partial charge on any atom is 0.227 e. The minimum atomic E-state index is 0.131. The Hall–Kier alpha value is -3.34. The average molecular weight is 404 g/mol. The minimum absolute atomic E-state index is 0.131. The van der Waals surface area contributed by atoms with Gasteiger partial charge in [-0.1, -0.05) is 54.1 Å². The first-order valence-electron chi connectivity index (χ1n) is 10.2. The van der Waals surface area contributed by atoms with Crippen molar-refractivity contribution in [1.29, 1.82) is 0 Å². The molecule has 0 spiro atoms. The number of benzene rings is 2. The molecule has 3 rings (SSSR count). The molecule has 0 atom stereocenters. The van der Waals surface area contributed by atoms with Gasteiger partial charge < -0.3 is 14.2 Å². The van der Waals surface area contributed by atoms with E-state index in [1.54, 1.807) is 13.3 Å². The van der Waals surface area contributed by atoms with Crippen LogP contribution in [0.5, 0.6) is 5.75 Å². The number of nitrogens with zero attached hydrogens (tertiary/aromatic N) is 3. The van der Waals surface area contributed by atoms with Crippen LogP contribution in [0.15, 0.2) is 78.9 Å². The maximum absolute atomic E-state index is 13.1. The molecular formula is C25H29N3O2. The van der Waals surface area contributed by atoms with Crippen LogP contribution in [0.3, 0.4) is 0 Å². The monoisotopic (exact) mass is 403 g/mol. The Balaban J connectivity index is 1.66. The largest absolute Gasteiger partial charge is 0.497 e. The standard InChI is InChI=1S/C25H29N3O2/c1-21(17-22-7-4-3-5-8-22)19-28(15-6-14-27-16-13-26-20-27)25(29)18-23-9-11-24(30-2)12-10-23/h3-5,7-13,16-17,20H,6,14-15,18-19H2,1-2H3/b21-17+. The lowest BCUT2D eigenvalue weighted by Crippen LogP contribution is -2.35. The van der Waals surface area contributed by atoms with E-state index in [1.807, 2.05) is 64.5 Å². The summed E-state index contributed by atoms with van der Waals surface area (Å²) in [5.41, 5.74) is 3.30. The second kappa shape index (κ2) is 11.0. The van der Waals surface area contributed by atoms with Crippen LogP contribution in [0, 0.1) is 0 Å². The summed E-state index contributed by atoms with van der Waals surface area (Å²) in [4.78, 5) is 19.1. The summed E-state index contributed by atoms with van der Waals surface area (Å²) in [7, 11) is 1.64. The first kappa shape index (κ1) is 21.4. The van der Waals surface area contributed by atoms with Crippen LogP contribution in [0.1, 0.15) is 24.5 Å². The smallest absolute Gasteiger partial charge is 0.227 e. The van der Waals surface area contributed by atoms with E-state index >= 15 is 0 Å². The molecule has 3 aromatic rings. The zero-order valence-corrected chi connectivity index (χ0v) is 17.7. The van der Waals surface area contributed by atoms with Crippen molar-refractivity contribution >= 4 is 12.0 Å². The van der Waals surface area contributed by atoms with Gasteiger partial charge in [0.2, 0.25) is 5.91 Å². The Labute approximate surface area is 178 Å². The summed E-state index contributed by atoms with van der Waals surface area (Å²) >= 11 is 0. The molecule has 0 unspecified atom stereocenters. The first-order chi connectivity index (χ1) is 14.6. The van der Waals surface area contributed by atoms with E-state index in [-0.39, 0.29) is 5.91 Å². The number of carbonyl (C=O) groups is 1. The molecule has 0 radical (unpaired) electrons. The number of rotatable bonds is 10. The molecule has 0 saturated heterocycles. The number of methoxy groups -OCH3 is 1. The molecule has 0 aliphatic heterocycles. The van der Waals surface area contributed by atoms with Crippen molar-refractivity contribution in [2.75, 3.05) is 20.2 Å². The molecule has 0 aliphatic rings. The Morgan fingerprint density at radius 2 is 1.90 bits per heavy atom. The van der Waals surface area contributed by atoms with Crippen molar-refractivity contribution in [3.05, 3.63) is 90.0 Å². The number of aromatic nitrogens is 2. The Bertz CT molecular complexity index is 932. The molecule has 1 aromatic heterocycles. The van der Waals surface area contributed by atoms with Gasteiger partial charge in [0, 0.05) is 32.0 Å². The van der Waals surface area contributed by atoms with Gasteiger partial charge in [-0.2, -0.15) is 0 Å². The highest BCUT2D eigenvalue weighted by molar-refractivity contribution is 5.79. The average Bonchev–Trinajstić information content (AvgIpc) is 3.28. The summed E-state index contributed by atoms with van der Waals surface area (Å²) in [6, 6.07) is 17.9. The summed E-state index contributed by atoms with van der Waals surface area (Å²) in [5, 5.41) is 0. The third kappa shape index (κ3) is 6.62. The van der Waals surface area contributed by atoms with Crippen LogP contribution in [0.4, 0.5) is 0 Å². The lowest BCUT2D eigenvalue weighted by molar-refractivity contribution is -0.130. The summed E-state index contributed by atoms with van der Waals surface area (Å²) in [6.45, 7) is 4.24. The quantitative estimate of drug-likeness (QED) is 0.502. The topological polar surface area (TPSA) is 47.4 Å². The number of amides is 1. The third-order valence-corrected chi connectivity index (χ3v) is 4.92. The fourth-order valence-electron chi connectivity index (χ4n) is 3.37. The maximum atomic E-state index is 13.1. The lowest BCUT2D eigenvalue weighted by atomic mass is 10.1. The molecule has 5 nitrogen and oxygen atoms in total. The normalized spacial score (nSPS) is 11.3. The second-order valence-corrected chi connectivity index (χ2v) is 7.40. The zero-order valence-electron chi connectivity index (χ0n) is 17.7. The fourth-order valence-corrected chi connectivity index (χ4v) is 3.37. The van der Waals surface area contributed by atoms with Crippen LogP contribution < -0.4 is 4.74 Å². The van der Waals surface area contributed by atoms with Crippen LogP contribution in [0.25, 0.3) is 6.08 Å². The summed E-state index contributed by atoms with van der Waals surface area (Å²) in [6.07, 6.45) is 8.94. The van der Waals surface area contributed by atoms with Crippen molar-refractivity contribution in [2.24, 2.45) is 0 Å². The first-order valence-corrected chi connectivity index (χ1v) is 10.2. The number of hydrogen-bond donors (Lipinski definition) is 0. The molecule has 5 heteroatoms. The van der Waals surface area contributed by atoms with E-state index in [9.17, 15) is 4.79 Å². The van der Waals surface area contributed by atoms with Gasteiger partial charge in [-0.15, -0.1) is 0 Å².